The number of rotatable bonds is 7. The monoisotopic (exact) mass is 297 g/mol. The van der Waals surface area contributed by atoms with Crippen molar-refractivity contribution in [3.05, 3.63) is 0 Å². The second kappa shape index (κ2) is 6.78. The Labute approximate surface area is 123 Å². The predicted molar refractivity (Wildman–Crippen MR) is 75.3 cm³/mol. The van der Waals surface area contributed by atoms with E-state index in [2.05, 4.69) is 10.6 Å². The van der Waals surface area contributed by atoms with Crippen molar-refractivity contribution in [3.63, 3.8) is 0 Å². The molecule has 2 fully saturated rings. The third-order valence-electron chi connectivity index (χ3n) is 4.69. The van der Waals surface area contributed by atoms with Crippen molar-refractivity contribution < 1.29 is 19.5 Å². The zero-order valence-corrected chi connectivity index (χ0v) is 12.0. The van der Waals surface area contributed by atoms with Crippen LogP contribution < -0.4 is 16.4 Å². The maximum Gasteiger partial charge on any atom is 0.326 e. The van der Waals surface area contributed by atoms with Crippen molar-refractivity contribution >= 4 is 17.9 Å². The first-order valence-electron chi connectivity index (χ1n) is 7.51. The van der Waals surface area contributed by atoms with Gasteiger partial charge in [-0.25, -0.2) is 9.59 Å². The largest absolute Gasteiger partial charge is 0.480 e. The Morgan fingerprint density at radius 3 is 2.52 bits per heavy atom. The summed E-state index contributed by atoms with van der Waals surface area (Å²) in [7, 11) is 0. The fourth-order valence-corrected chi connectivity index (χ4v) is 3.60. The Kier molecular flexibility index (Phi) is 5.03. The number of hydrogen-bond acceptors (Lipinski definition) is 3. The number of amides is 3. The Morgan fingerprint density at radius 1 is 1.24 bits per heavy atom. The van der Waals surface area contributed by atoms with Crippen molar-refractivity contribution in [2.75, 3.05) is 6.54 Å². The normalized spacial score (nSPS) is 28.1. The van der Waals surface area contributed by atoms with E-state index in [0.717, 1.165) is 12.3 Å². The van der Waals surface area contributed by atoms with Crippen molar-refractivity contribution in [3.8, 4) is 0 Å². The lowest BCUT2D eigenvalue weighted by Crippen LogP contribution is -2.47. The van der Waals surface area contributed by atoms with E-state index < -0.39 is 23.9 Å². The van der Waals surface area contributed by atoms with Crippen molar-refractivity contribution in [2.24, 2.45) is 23.5 Å². The van der Waals surface area contributed by atoms with Crippen LogP contribution in [-0.4, -0.2) is 35.6 Å². The molecule has 0 heterocycles. The first-order valence-corrected chi connectivity index (χ1v) is 7.51. The second-order valence-electron chi connectivity index (χ2n) is 6.19. The molecule has 21 heavy (non-hydrogen) atoms. The van der Waals surface area contributed by atoms with Crippen LogP contribution in [0.2, 0.25) is 0 Å². The van der Waals surface area contributed by atoms with Crippen LogP contribution in [0, 0.1) is 17.8 Å². The average molecular weight is 297 g/mol. The maximum atomic E-state index is 11.8. The van der Waals surface area contributed by atoms with Gasteiger partial charge in [0.1, 0.15) is 6.04 Å². The highest BCUT2D eigenvalue weighted by atomic mass is 16.4. The van der Waals surface area contributed by atoms with E-state index in [0.29, 0.717) is 18.4 Å². The van der Waals surface area contributed by atoms with E-state index in [4.69, 9.17) is 10.8 Å². The third-order valence-corrected chi connectivity index (χ3v) is 4.69. The summed E-state index contributed by atoms with van der Waals surface area (Å²) in [6.45, 7) is 0.592. The molecular formula is C14H23N3O4. The molecule has 2 aliphatic rings. The van der Waals surface area contributed by atoms with Crippen LogP contribution in [0.25, 0.3) is 0 Å². The molecule has 3 unspecified atom stereocenters. The second-order valence-corrected chi connectivity index (χ2v) is 6.19. The number of urea groups is 1. The van der Waals surface area contributed by atoms with Gasteiger partial charge < -0.3 is 21.5 Å². The van der Waals surface area contributed by atoms with Gasteiger partial charge in [-0.05, 0) is 43.4 Å². The summed E-state index contributed by atoms with van der Waals surface area (Å²) in [6.07, 6.45) is 4.92. The zero-order chi connectivity index (χ0) is 15.4. The van der Waals surface area contributed by atoms with E-state index in [1.165, 1.54) is 19.3 Å². The van der Waals surface area contributed by atoms with Crippen LogP contribution in [0.3, 0.4) is 0 Å². The Morgan fingerprint density at radius 2 is 2.00 bits per heavy atom. The van der Waals surface area contributed by atoms with Crippen LogP contribution in [0.5, 0.6) is 0 Å². The number of carboxylic acids is 1. The summed E-state index contributed by atoms with van der Waals surface area (Å²) >= 11 is 0. The van der Waals surface area contributed by atoms with Gasteiger partial charge in [0.25, 0.3) is 0 Å². The van der Waals surface area contributed by atoms with E-state index in [9.17, 15) is 14.4 Å². The molecule has 0 aromatic rings. The van der Waals surface area contributed by atoms with Crippen LogP contribution in [0.1, 0.15) is 38.5 Å². The average Bonchev–Trinajstić information content (AvgIpc) is 3.02. The molecule has 4 atom stereocenters. The number of carboxylic acid groups (broad SMARTS) is 1. The molecule has 0 saturated heterocycles. The van der Waals surface area contributed by atoms with Gasteiger partial charge in [0.15, 0.2) is 0 Å². The van der Waals surface area contributed by atoms with Crippen LogP contribution >= 0.6 is 0 Å². The number of carbonyl (C=O) groups excluding carboxylic acids is 2. The van der Waals surface area contributed by atoms with Gasteiger partial charge in [-0.15, -0.1) is 0 Å². The Bertz CT molecular complexity index is 426. The van der Waals surface area contributed by atoms with E-state index >= 15 is 0 Å². The minimum Gasteiger partial charge on any atom is -0.480 e. The van der Waals surface area contributed by atoms with Gasteiger partial charge in [-0.3, -0.25) is 4.79 Å². The number of hydrogen-bond donors (Lipinski definition) is 4. The first kappa shape index (κ1) is 15.6. The highest BCUT2D eigenvalue weighted by Gasteiger charge is 2.39. The lowest BCUT2D eigenvalue weighted by atomic mass is 9.89. The van der Waals surface area contributed by atoms with E-state index in [1.54, 1.807) is 0 Å². The molecular weight excluding hydrogens is 274 g/mol. The topological polar surface area (TPSA) is 122 Å². The SMILES string of the molecule is NC(=O)CC[C@H](NC(=O)NCC1CC2CCC1C2)C(=O)O. The third kappa shape index (κ3) is 4.34. The zero-order valence-electron chi connectivity index (χ0n) is 12.0. The van der Waals surface area contributed by atoms with Crippen molar-refractivity contribution in [1.29, 1.82) is 0 Å². The molecule has 7 heteroatoms. The molecule has 0 spiro atoms. The number of fused-ring (bicyclic) bond motifs is 2. The summed E-state index contributed by atoms with van der Waals surface area (Å²) in [4.78, 5) is 33.5. The Hall–Kier alpha value is -1.79. The molecule has 2 saturated carbocycles. The van der Waals surface area contributed by atoms with Crippen molar-refractivity contribution in [1.82, 2.24) is 10.6 Å². The lowest BCUT2D eigenvalue weighted by Gasteiger charge is -2.22. The minimum atomic E-state index is -1.16. The van der Waals surface area contributed by atoms with Gasteiger partial charge in [-0.2, -0.15) is 0 Å². The number of aliphatic carboxylic acids is 1. The Balaban J connectivity index is 1.71. The fourth-order valence-electron chi connectivity index (χ4n) is 3.60. The molecule has 0 aromatic carbocycles. The van der Waals surface area contributed by atoms with Gasteiger partial charge in [0, 0.05) is 13.0 Å². The summed E-state index contributed by atoms with van der Waals surface area (Å²) in [5, 5.41) is 14.1. The molecule has 0 aromatic heterocycles. The summed E-state index contributed by atoms with van der Waals surface area (Å²) in [6, 6.07) is -1.58. The number of primary amides is 1. The van der Waals surface area contributed by atoms with Gasteiger partial charge in [0.05, 0.1) is 0 Å². The molecule has 7 nitrogen and oxygen atoms in total. The summed E-state index contributed by atoms with van der Waals surface area (Å²) < 4.78 is 0. The first-order chi connectivity index (χ1) is 9.95. The highest BCUT2D eigenvalue weighted by Crippen LogP contribution is 2.47. The molecule has 118 valence electrons. The van der Waals surface area contributed by atoms with Crippen LogP contribution in [-0.2, 0) is 9.59 Å². The molecule has 0 aliphatic heterocycles. The molecule has 2 rings (SSSR count). The number of nitrogens with two attached hydrogens (primary N) is 1. The van der Waals surface area contributed by atoms with Crippen molar-refractivity contribution in [2.45, 2.75) is 44.6 Å². The van der Waals surface area contributed by atoms with E-state index in [-0.39, 0.29) is 12.8 Å². The quantitative estimate of drug-likeness (QED) is 0.544. The van der Waals surface area contributed by atoms with Gasteiger partial charge >= 0.3 is 12.0 Å². The van der Waals surface area contributed by atoms with E-state index in [1.807, 2.05) is 0 Å². The molecule has 0 radical (unpaired) electrons. The van der Waals surface area contributed by atoms with Crippen LogP contribution in [0.4, 0.5) is 4.79 Å². The fraction of sp³-hybridized carbons (Fsp3) is 0.786. The summed E-state index contributed by atoms with van der Waals surface area (Å²) in [5.74, 6) is 0.299. The predicted octanol–water partition coefficient (Wildman–Crippen LogP) is 0.440. The smallest absolute Gasteiger partial charge is 0.326 e. The molecule has 2 aliphatic carbocycles. The highest BCUT2D eigenvalue weighted by molar-refractivity contribution is 5.83. The summed E-state index contributed by atoms with van der Waals surface area (Å²) in [5.41, 5.74) is 4.99. The number of carbonyl (C=O) groups is 3. The van der Waals surface area contributed by atoms with Gasteiger partial charge in [-0.1, -0.05) is 6.42 Å². The van der Waals surface area contributed by atoms with Crippen LogP contribution in [0.15, 0.2) is 0 Å². The lowest BCUT2D eigenvalue weighted by molar-refractivity contribution is -0.139. The molecule has 2 bridgehead atoms. The maximum absolute atomic E-state index is 11.8. The van der Waals surface area contributed by atoms with Gasteiger partial charge in [0.2, 0.25) is 5.91 Å². The standard InChI is InChI=1S/C14H23N3O4/c15-12(18)4-3-11(13(19)20)17-14(21)16-7-10-6-8-1-2-9(10)5-8/h8-11H,1-7H2,(H2,15,18)(H,19,20)(H2,16,17,21)/t8?,9?,10?,11-/m0/s1. The number of nitrogens with one attached hydrogen (secondary N) is 2. The minimum absolute atomic E-state index is 0.00616. The molecule has 3 amide bonds. The molecule has 5 N–H and O–H groups in total.